The van der Waals surface area contributed by atoms with Crippen LogP contribution in [0, 0.1) is 10.1 Å². The third-order valence-corrected chi connectivity index (χ3v) is 3.04. The summed E-state index contributed by atoms with van der Waals surface area (Å²) in [6.45, 7) is 0.0393. The molecule has 0 spiro atoms. The van der Waals surface area contributed by atoms with Crippen LogP contribution in [0.15, 0.2) is 48.5 Å². The first-order valence-corrected chi connectivity index (χ1v) is 6.92. The van der Waals surface area contributed by atoms with Crippen LogP contribution in [0.2, 0.25) is 0 Å². The van der Waals surface area contributed by atoms with Crippen LogP contribution in [0.5, 0.6) is 11.5 Å². The van der Waals surface area contributed by atoms with Crippen molar-refractivity contribution >= 4 is 5.97 Å². The Morgan fingerprint density at radius 1 is 1.09 bits per heavy atom. The minimum atomic E-state index is -0.817. The molecule has 0 aliphatic carbocycles. The van der Waals surface area contributed by atoms with E-state index < -0.39 is 11.1 Å². The molecule has 0 saturated heterocycles. The molecule has 0 fully saturated rings. The molecule has 2 aromatic rings. The van der Waals surface area contributed by atoms with Gasteiger partial charge in [0.25, 0.3) is 5.09 Å². The third kappa shape index (κ3) is 5.31. The molecule has 23 heavy (non-hydrogen) atoms. The van der Waals surface area contributed by atoms with E-state index in [9.17, 15) is 20.0 Å². The summed E-state index contributed by atoms with van der Waals surface area (Å²) in [7, 11) is 0. The number of phenolic OH excluding ortho intramolecular Hbond substituents is 1. The van der Waals surface area contributed by atoms with E-state index in [0.717, 1.165) is 5.56 Å². The lowest BCUT2D eigenvalue weighted by atomic mass is 10.1. The van der Waals surface area contributed by atoms with Gasteiger partial charge in [-0.05, 0) is 54.8 Å². The number of nitrogens with zero attached hydrogens (tertiary/aromatic N) is 1. The third-order valence-electron chi connectivity index (χ3n) is 3.04. The van der Waals surface area contributed by atoms with Gasteiger partial charge in [0.05, 0.1) is 12.2 Å². The van der Waals surface area contributed by atoms with Crippen molar-refractivity contribution in [2.24, 2.45) is 0 Å². The van der Waals surface area contributed by atoms with Crippen LogP contribution < -0.4 is 4.74 Å². The molecular formula is C16H15NO6. The molecule has 7 nitrogen and oxygen atoms in total. The number of hydrogen-bond acceptors (Lipinski definition) is 6. The maximum absolute atomic E-state index is 12.0. The van der Waals surface area contributed by atoms with E-state index in [1.165, 1.54) is 24.3 Å². The van der Waals surface area contributed by atoms with Crippen LogP contribution in [0.4, 0.5) is 0 Å². The Labute approximate surface area is 132 Å². The molecule has 0 bridgehead atoms. The van der Waals surface area contributed by atoms with Crippen LogP contribution in [0.3, 0.4) is 0 Å². The highest BCUT2D eigenvalue weighted by atomic mass is 16.9. The zero-order valence-corrected chi connectivity index (χ0v) is 12.2. The van der Waals surface area contributed by atoms with E-state index in [1.54, 1.807) is 24.3 Å². The first kappa shape index (κ1) is 16.3. The van der Waals surface area contributed by atoms with Gasteiger partial charge in [0.1, 0.15) is 11.5 Å². The number of hydrogen-bond donors (Lipinski definition) is 1. The Bertz CT molecular complexity index is 666. The second-order valence-electron chi connectivity index (χ2n) is 4.74. The van der Waals surface area contributed by atoms with Crippen LogP contribution in [0.25, 0.3) is 0 Å². The monoisotopic (exact) mass is 317 g/mol. The highest BCUT2D eigenvalue weighted by molar-refractivity contribution is 5.91. The fourth-order valence-corrected chi connectivity index (χ4v) is 1.90. The van der Waals surface area contributed by atoms with Crippen molar-refractivity contribution in [2.45, 2.75) is 12.8 Å². The number of phenols is 1. The summed E-state index contributed by atoms with van der Waals surface area (Å²) in [6.07, 6.45) is 1.12. The minimum Gasteiger partial charge on any atom is -0.508 e. The van der Waals surface area contributed by atoms with Gasteiger partial charge in [0, 0.05) is 0 Å². The number of esters is 1. The predicted molar refractivity (Wildman–Crippen MR) is 80.8 cm³/mol. The van der Waals surface area contributed by atoms with E-state index in [-0.39, 0.29) is 12.4 Å². The van der Waals surface area contributed by atoms with Crippen LogP contribution in [-0.2, 0) is 11.3 Å². The van der Waals surface area contributed by atoms with E-state index in [4.69, 9.17) is 4.74 Å². The number of benzene rings is 2. The van der Waals surface area contributed by atoms with Crippen LogP contribution >= 0.6 is 0 Å². The average molecular weight is 317 g/mol. The summed E-state index contributed by atoms with van der Waals surface area (Å²) in [4.78, 5) is 26.2. The molecule has 2 rings (SSSR count). The Morgan fingerprint density at radius 2 is 1.74 bits per heavy atom. The normalized spacial score (nSPS) is 10.1. The molecule has 0 saturated carbocycles. The highest BCUT2D eigenvalue weighted by Gasteiger charge is 2.08. The Balaban J connectivity index is 1.87. The van der Waals surface area contributed by atoms with E-state index in [2.05, 4.69) is 4.84 Å². The minimum absolute atomic E-state index is 0.0393. The smallest absolute Gasteiger partial charge is 0.343 e. The van der Waals surface area contributed by atoms with Gasteiger partial charge in [-0.15, -0.1) is 10.1 Å². The number of rotatable bonds is 7. The SMILES string of the molecule is O=C(Oc1ccc(O)cc1)c1ccc(CCCO[N+](=O)[O-])cc1. The number of aromatic hydroxyl groups is 1. The molecule has 0 unspecified atom stereocenters. The summed E-state index contributed by atoms with van der Waals surface area (Å²) >= 11 is 0. The lowest BCUT2D eigenvalue weighted by Crippen LogP contribution is -2.08. The number of carbonyl (C=O) groups is 1. The second-order valence-corrected chi connectivity index (χ2v) is 4.74. The van der Waals surface area contributed by atoms with Gasteiger partial charge < -0.3 is 14.7 Å². The van der Waals surface area contributed by atoms with Gasteiger partial charge in [-0.25, -0.2) is 4.79 Å². The summed E-state index contributed by atoms with van der Waals surface area (Å²) in [6, 6.07) is 12.6. The van der Waals surface area contributed by atoms with E-state index in [1.807, 2.05) is 0 Å². The zero-order valence-electron chi connectivity index (χ0n) is 12.2. The van der Waals surface area contributed by atoms with Gasteiger partial charge in [-0.2, -0.15) is 0 Å². The summed E-state index contributed by atoms with van der Waals surface area (Å²) in [5.41, 5.74) is 1.33. The highest BCUT2D eigenvalue weighted by Crippen LogP contribution is 2.17. The largest absolute Gasteiger partial charge is 0.508 e. The summed E-state index contributed by atoms with van der Waals surface area (Å²) in [5.74, 6) is -0.0667. The molecule has 0 radical (unpaired) electrons. The molecule has 0 atom stereocenters. The first-order chi connectivity index (χ1) is 11.0. The van der Waals surface area contributed by atoms with Crippen molar-refractivity contribution in [3.63, 3.8) is 0 Å². The van der Waals surface area contributed by atoms with Gasteiger partial charge >= 0.3 is 5.97 Å². The summed E-state index contributed by atoms with van der Waals surface area (Å²) in [5, 5.41) is 18.4. The Kier molecular flexibility index (Phi) is 5.51. The van der Waals surface area contributed by atoms with E-state index in [0.29, 0.717) is 24.2 Å². The van der Waals surface area contributed by atoms with Crippen molar-refractivity contribution in [3.05, 3.63) is 69.8 Å². The fourth-order valence-electron chi connectivity index (χ4n) is 1.90. The maximum Gasteiger partial charge on any atom is 0.343 e. The number of aryl methyl sites for hydroxylation is 1. The number of carbonyl (C=O) groups excluding carboxylic acids is 1. The van der Waals surface area contributed by atoms with Crippen molar-refractivity contribution in [2.75, 3.05) is 6.61 Å². The maximum atomic E-state index is 12.0. The van der Waals surface area contributed by atoms with Crippen molar-refractivity contribution < 1.29 is 24.6 Å². The van der Waals surface area contributed by atoms with E-state index >= 15 is 0 Å². The quantitative estimate of drug-likeness (QED) is 0.277. The standard InChI is InChI=1S/C16H15NO6/c18-14-7-9-15(10-8-14)23-16(19)13-5-3-12(4-6-13)2-1-11-22-17(20)21/h3-10,18H,1-2,11H2. The Morgan fingerprint density at radius 3 is 2.35 bits per heavy atom. The second kappa shape index (κ2) is 7.79. The lowest BCUT2D eigenvalue weighted by Gasteiger charge is -2.06. The first-order valence-electron chi connectivity index (χ1n) is 6.92. The van der Waals surface area contributed by atoms with Crippen LogP contribution in [-0.4, -0.2) is 22.8 Å². The van der Waals surface area contributed by atoms with Gasteiger partial charge in [0.2, 0.25) is 0 Å². The molecule has 0 aromatic heterocycles. The zero-order chi connectivity index (χ0) is 16.7. The molecule has 2 aromatic carbocycles. The average Bonchev–Trinajstić information content (AvgIpc) is 2.54. The topological polar surface area (TPSA) is 98.9 Å². The number of ether oxygens (including phenoxy) is 1. The van der Waals surface area contributed by atoms with Crippen LogP contribution in [0.1, 0.15) is 22.3 Å². The lowest BCUT2D eigenvalue weighted by molar-refractivity contribution is -0.757. The van der Waals surface area contributed by atoms with Crippen molar-refractivity contribution in [1.29, 1.82) is 0 Å². The van der Waals surface area contributed by atoms with Gasteiger partial charge in [0.15, 0.2) is 0 Å². The molecule has 1 N–H and O–H groups in total. The van der Waals surface area contributed by atoms with Crippen molar-refractivity contribution in [3.8, 4) is 11.5 Å². The molecule has 0 amide bonds. The van der Waals surface area contributed by atoms with Gasteiger partial charge in [-0.3, -0.25) is 0 Å². The van der Waals surface area contributed by atoms with Crippen molar-refractivity contribution in [1.82, 2.24) is 0 Å². The molecular weight excluding hydrogens is 302 g/mol. The molecule has 0 aliphatic heterocycles. The van der Waals surface area contributed by atoms with Gasteiger partial charge in [-0.1, -0.05) is 12.1 Å². The fraction of sp³-hybridized carbons (Fsp3) is 0.188. The predicted octanol–water partition coefficient (Wildman–Crippen LogP) is 2.75. The molecule has 120 valence electrons. The molecule has 7 heteroatoms. The summed E-state index contributed by atoms with van der Waals surface area (Å²) < 4.78 is 5.18. The molecule has 0 heterocycles. The molecule has 0 aliphatic rings. The Hall–Kier alpha value is -3.09.